The molecule has 0 amide bonds. The summed E-state index contributed by atoms with van der Waals surface area (Å²) in [6.07, 6.45) is 7.98. The first-order valence-corrected chi connectivity index (χ1v) is 6.89. The van der Waals surface area contributed by atoms with Gasteiger partial charge in [-0.05, 0) is 24.0 Å². The summed E-state index contributed by atoms with van der Waals surface area (Å²) in [6.45, 7) is 1.44. The van der Waals surface area contributed by atoms with Gasteiger partial charge in [0, 0.05) is 25.0 Å². The van der Waals surface area contributed by atoms with Crippen molar-refractivity contribution in [2.45, 2.75) is 32.0 Å². The van der Waals surface area contributed by atoms with Crippen molar-refractivity contribution < 1.29 is 0 Å². The monoisotopic (exact) mass is 397 g/mol. The summed E-state index contributed by atoms with van der Waals surface area (Å²) in [5.74, 6) is 0.549. The maximum atomic E-state index is 5.84. The normalized spacial score (nSPS) is 14.6. The van der Waals surface area contributed by atoms with Crippen LogP contribution in [0.3, 0.4) is 0 Å². The number of hydrogen-bond donors (Lipinski definition) is 2. The lowest BCUT2D eigenvalue weighted by molar-refractivity contribution is 0.795. The first kappa shape index (κ1) is 15.8. The number of benzene rings is 1. The summed E-state index contributed by atoms with van der Waals surface area (Å²) in [7, 11) is 0. The minimum Gasteiger partial charge on any atom is -0.370 e. The Morgan fingerprint density at radius 3 is 2.90 bits per heavy atom. The molecule has 0 atom stereocenters. The molecule has 0 aliphatic heterocycles. The van der Waals surface area contributed by atoms with Gasteiger partial charge in [0.15, 0.2) is 5.96 Å². The van der Waals surface area contributed by atoms with Crippen LogP contribution >= 0.6 is 24.0 Å². The number of nitrogens with zero attached hydrogens (tertiary/aromatic N) is 3. The molecule has 2 aromatic rings. The molecular formula is C15H20IN5. The summed E-state index contributed by atoms with van der Waals surface area (Å²) in [4.78, 5) is 8.43. The van der Waals surface area contributed by atoms with E-state index in [1.807, 2.05) is 17.1 Å². The van der Waals surface area contributed by atoms with Gasteiger partial charge in [-0.25, -0.2) is 9.98 Å². The van der Waals surface area contributed by atoms with Crippen molar-refractivity contribution in [3.8, 4) is 0 Å². The Balaban J connectivity index is 0.00000161. The fourth-order valence-corrected chi connectivity index (χ4v) is 2.08. The molecule has 3 N–H and O–H groups in total. The van der Waals surface area contributed by atoms with Crippen LogP contribution in [0.25, 0.3) is 0 Å². The molecule has 0 unspecified atom stereocenters. The number of hydrogen-bond acceptors (Lipinski definition) is 2. The van der Waals surface area contributed by atoms with Gasteiger partial charge >= 0.3 is 0 Å². The lowest BCUT2D eigenvalue weighted by Crippen LogP contribution is -2.33. The third kappa shape index (κ3) is 5.04. The molecule has 0 saturated heterocycles. The van der Waals surface area contributed by atoms with Crippen LogP contribution in [0.1, 0.15) is 24.0 Å². The number of nitrogens with one attached hydrogen (secondary N) is 1. The van der Waals surface area contributed by atoms with Crippen molar-refractivity contribution in [1.29, 1.82) is 0 Å². The number of guanidine groups is 1. The van der Waals surface area contributed by atoms with Gasteiger partial charge in [-0.1, -0.05) is 24.3 Å². The van der Waals surface area contributed by atoms with Gasteiger partial charge in [-0.2, -0.15) is 0 Å². The van der Waals surface area contributed by atoms with Gasteiger partial charge in [0.2, 0.25) is 0 Å². The SMILES string of the molecule is I.NC(=NCc1cccc(Cn2ccnc2)c1)NC1CC1. The zero-order valence-electron chi connectivity index (χ0n) is 11.8. The number of rotatable bonds is 5. The molecule has 1 aromatic heterocycles. The third-order valence-corrected chi connectivity index (χ3v) is 3.28. The average molecular weight is 397 g/mol. The van der Waals surface area contributed by atoms with E-state index in [9.17, 15) is 0 Å². The van der Waals surface area contributed by atoms with E-state index < -0.39 is 0 Å². The maximum Gasteiger partial charge on any atom is 0.189 e. The molecule has 21 heavy (non-hydrogen) atoms. The number of imidazole rings is 1. The molecule has 112 valence electrons. The summed E-state index contributed by atoms with van der Waals surface area (Å²) in [6, 6.07) is 8.95. The lowest BCUT2D eigenvalue weighted by Gasteiger charge is -2.06. The summed E-state index contributed by atoms with van der Waals surface area (Å²) < 4.78 is 2.05. The van der Waals surface area contributed by atoms with Crippen LogP contribution in [0.2, 0.25) is 0 Å². The molecule has 0 spiro atoms. The Morgan fingerprint density at radius 1 is 1.38 bits per heavy atom. The van der Waals surface area contributed by atoms with Crippen LogP contribution in [0.5, 0.6) is 0 Å². The average Bonchev–Trinajstić information content (AvgIpc) is 3.11. The largest absolute Gasteiger partial charge is 0.370 e. The number of halogens is 1. The Bertz CT molecular complexity index is 590. The Hall–Kier alpha value is -1.57. The summed E-state index contributed by atoms with van der Waals surface area (Å²) in [5.41, 5.74) is 8.25. The zero-order valence-corrected chi connectivity index (χ0v) is 14.1. The van der Waals surface area contributed by atoms with Gasteiger partial charge < -0.3 is 15.6 Å². The highest BCUT2D eigenvalue weighted by Gasteiger charge is 2.21. The summed E-state index contributed by atoms with van der Waals surface area (Å²) >= 11 is 0. The Labute approximate surface area is 141 Å². The number of aromatic nitrogens is 2. The minimum atomic E-state index is 0. The zero-order chi connectivity index (χ0) is 13.8. The molecule has 0 bridgehead atoms. The second-order valence-corrected chi connectivity index (χ2v) is 5.18. The fourth-order valence-electron chi connectivity index (χ4n) is 2.08. The molecule has 5 nitrogen and oxygen atoms in total. The van der Waals surface area contributed by atoms with Crippen molar-refractivity contribution in [2.24, 2.45) is 10.7 Å². The van der Waals surface area contributed by atoms with E-state index in [2.05, 4.69) is 39.6 Å². The van der Waals surface area contributed by atoms with Gasteiger partial charge in [-0.15, -0.1) is 24.0 Å². The minimum absolute atomic E-state index is 0. The highest BCUT2D eigenvalue weighted by Crippen LogP contribution is 2.18. The van der Waals surface area contributed by atoms with Crippen LogP contribution in [0.15, 0.2) is 48.0 Å². The highest BCUT2D eigenvalue weighted by molar-refractivity contribution is 14.0. The Kier molecular flexibility index (Phi) is 5.60. The number of nitrogens with two attached hydrogens (primary N) is 1. The molecule has 1 aromatic carbocycles. The molecule has 3 rings (SSSR count). The summed E-state index contributed by atoms with van der Waals surface area (Å²) in [5, 5.41) is 3.19. The molecule has 0 radical (unpaired) electrons. The molecule has 1 heterocycles. The van der Waals surface area contributed by atoms with E-state index in [0.29, 0.717) is 18.5 Å². The predicted octanol–water partition coefficient (Wildman–Crippen LogP) is 2.12. The van der Waals surface area contributed by atoms with Crippen LogP contribution in [-0.2, 0) is 13.1 Å². The van der Waals surface area contributed by atoms with Crippen molar-refractivity contribution >= 4 is 29.9 Å². The van der Waals surface area contributed by atoms with Crippen LogP contribution in [0, 0.1) is 0 Å². The van der Waals surface area contributed by atoms with E-state index in [0.717, 1.165) is 6.54 Å². The van der Waals surface area contributed by atoms with Crippen LogP contribution < -0.4 is 11.1 Å². The first-order chi connectivity index (χ1) is 9.79. The predicted molar refractivity (Wildman–Crippen MR) is 94.7 cm³/mol. The van der Waals surface area contributed by atoms with Gasteiger partial charge in [0.05, 0.1) is 12.9 Å². The second kappa shape index (κ2) is 7.44. The molecule has 1 aliphatic carbocycles. The van der Waals surface area contributed by atoms with E-state index in [-0.39, 0.29) is 24.0 Å². The fraction of sp³-hybridized carbons (Fsp3) is 0.333. The van der Waals surface area contributed by atoms with Crippen LogP contribution in [-0.4, -0.2) is 21.6 Å². The van der Waals surface area contributed by atoms with Gasteiger partial charge in [-0.3, -0.25) is 0 Å². The van der Waals surface area contributed by atoms with Gasteiger partial charge in [0.25, 0.3) is 0 Å². The maximum absolute atomic E-state index is 5.84. The van der Waals surface area contributed by atoms with Crippen molar-refractivity contribution in [1.82, 2.24) is 14.9 Å². The second-order valence-electron chi connectivity index (χ2n) is 5.18. The third-order valence-electron chi connectivity index (χ3n) is 3.28. The first-order valence-electron chi connectivity index (χ1n) is 6.89. The molecule has 1 fully saturated rings. The van der Waals surface area contributed by atoms with Gasteiger partial charge in [0.1, 0.15) is 0 Å². The molecule has 1 saturated carbocycles. The lowest BCUT2D eigenvalue weighted by atomic mass is 10.1. The topological polar surface area (TPSA) is 68.2 Å². The van der Waals surface area contributed by atoms with E-state index in [1.165, 1.54) is 24.0 Å². The van der Waals surface area contributed by atoms with Crippen molar-refractivity contribution in [3.63, 3.8) is 0 Å². The number of aliphatic imine (C=N–C) groups is 1. The molecular weight excluding hydrogens is 377 g/mol. The highest BCUT2D eigenvalue weighted by atomic mass is 127. The molecule has 6 heteroatoms. The van der Waals surface area contributed by atoms with Crippen molar-refractivity contribution in [2.75, 3.05) is 0 Å². The Morgan fingerprint density at radius 2 is 2.19 bits per heavy atom. The smallest absolute Gasteiger partial charge is 0.189 e. The standard InChI is InChI=1S/C15H19N5.HI/c16-15(19-14-4-5-14)18-9-12-2-1-3-13(8-12)10-20-7-6-17-11-20;/h1-3,6-8,11,14H,4-5,9-10H2,(H3,16,18,19);1H. The van der Waals surface area contributed by atoms with E-state index in [4.69, 9.17) is 5.73 Å². The van der Waals surface area contributed by atoms with Crippen molar-refractivity contribution in [3.05, 3.63) is 54.1 Å². The van der Waals surface area contributed by atoms with Crippen LogP contribution in [0.4, 0.5) is 0 Å². The van der Waals surface area contributed by atoms with E-state index in [1.54, 1.807) is 6.20 Å². The quantitative estimate of drug-likeness (QED) is 0.462. The molecule has 1 aliphatic rings. The van der Waals surface area contributed by atoms with E-state index >= 15 is 0 Å².